The van der Waals surface area contributed by atoms with E-state index >= 15 is 0 Å². The normalized spacial score (nSPS) is 16.0. The van der Waals surface area contributed by atoms with Crippen molar-refractivity contribution in [1.82, 2.24) is 9.62 Å². The Morgan fingerprint density at radius 2 is 1.95 bits per heavy atom. The first-order valence-electron chi connectivity index (χ1n) is 12.4. The molecule has 37 heavy (non-hydrogen) atoms. The number of rotatable bonds is 11. The summed E-state index contributed by atoms with van der Waals surface area (Å²) in [6.07, 6.45) is 0.990. The number of nitrogens with one attached hydrogen (secondary N) is 2. The molecule has 0 amide bonds. The first-order valence-corrected chi connectivity index (χ1v) is 14.7. The predicted molar refractivity (Wildman–Crippen MR) is 150 cm³/mol. The molecular weight excluding hydrogens is 508 g/mol. The molecule has 3 N–H and O–H groups in total. The van der Waals surface area contributed by atoms with Crippen molar-refractivity contribution < 1.29 is 18.3 Å². The number of nitriles is 1. The molecule has 0 bridgehead atoms. The van der Waals surface area contributed by atoms with Crippen molar-refractivity contribution >= 4 is 43.9 Å². The third-order valence-corrected chi connectivity index (χ3v) is 8.68. The van der Waals surface area contributed by atoms with Crippen LogP contribution in [0.25, 0.3) is 27.3 Å². The first-order chi connectivity index (χ1) is 17.9. The van der Waals surface area contributed by atoms with Crippen LogP contribution in [-0.2, 0) is 14.8 Å². The zero-order chi connectivity index (χ0) is 26.3. The SMILES string of the molecule is CCC(O)CNS(=O)(=O)/C(C#N)=C/c1ccc(-c2ccc3cc(NCCN4CCOCC4)ccc3c2)s1. The number of fused-ring (bicyclic) bond motifs is 1. The number of allylic oxidation sites excluding steroid dienone is 1. The summed E-state index contributed by atoms with van der Waals surface area (Å²) < 4.78 is 32.6. The van der Waals surface area contributed by atoms with Gasteiger partial charge in [-0.25, -0.2) is 13.1 Å². The minimum absolute atomic E-state index is 0.129. The molecule has 1 aromatic heterocycles. The molecule has 10 heteroatoms. The van der Waals surface area contributed by atoms with E-state index in [-0.39, 0.29) is 11.4 Å². The van der Waals surface area contributed by atoms with E-state index in [1.54, 1.807) is 19.1 Å². The van der Waals surface area contributed by atoms with E-state index in [1.165, 1.54) is 17.4 Å². The highest BCUT2D eigenvalue weighted by Crippen LogP contribution is 2.32. The van der Waals surface area contributed by atoms with E-state index in [9.17, 15) is 18.8 Å². The lowest BCUT2D eigenvalue weighted by molar-refractivity contribution is 0.0398. The Morgan fingerprint density at radius 3 is 2.70 bits per heavy atom. The van der Waals surface area contributed by atoms with Gasteiger partial charge in [0.2, 0.25) is 0 Å². The van der Waals surface area contributed by atoms with Crippen LogP contribution in [0.3, 0.4) is 0 Å². The summed E-state index contributed by atoms with van der Waals surface area (Å²) >= 11 is 1.42. The molecule has 196 valence electrons. The number of anilines is 1. The van der Waals surface area contributed by atoms with Gasteiger partial charge in [-0.3, -0.25) is 4.90 Å². The van der Waals surface area contributed by atoms with Crippen LogP contribution in [0, 0.1) is 11.3 Å². The molecule has 0 spiro atoms. The molecule has 2 aromatic carbocycles. The Morgan fingerprint density at radius 1 is 1.19 bits per heavy atom. The molecule has 1 aliphatic heterocycles. The van der Waals surface area contributed by atoms with Gasteiger partial charge in [0.05, 0.1) is 19.3 Å². The number of hydrogen-bond donors (Lipinski definition) is 3. The van der Waals surface area contributed by atoms with E-state index in [0.717, 1.165) is 66.3 Å². The molecule has 1 atom stereocenters. The van der Waals surface area contributed by atoms with E-state index in [2.05, 4.69) is 51.3 Å². The number of ether oxygens (including phenoxy) is 1. The average molecular weight is 541 g/mol. The maximum absolute atomic E-state index is 12.5. The van der Waals surface area contributed by atoms with Crippen molar-refractivity contribution in [2.24, 2.45) is 0 Å². The van der Waals surface area contributed by atoms with Crippen LogP contribution in [-0.4, -0.2) is 70.5 Å². The van der Waals surface area contributed by atoms with Crippen LogP contribution >= 0.6 is 11.3 Å². The number of morpholine rings is 1. The van der Waals surface area contributed by atoms with E-state index in [1.807, 2.05) is 6.07 Å². The Labute approximate surface area is 222 Å². The fourth-order valence-electron chi connectivity index (χ4n) is 4.00. The van der Waals surface area contributed by atoms with E-state index in [0.29, 0.717) is 11.3 Å². The molecule has 2 heterocycles. The topological polar surface area (TPSA) is 115 Å². The fraction of sp³-hybridized carbons (Fsp3) is 0.370. The first kappa shape index (κ1) is 27.3. The summed E-state index contributed by atoms with van der Waals surface area (Å²) in [6, 6.07) is 18.1. The lowest BCUT2D eigenvalue weighted by Gasteiger charge is -2.26. The number of nitrogens with zero attached hydrogens (tertiary/aromatic N) is 2. The number of thiophene rings is 1. The number of aliphatic hydroxyl groups excluding tert-OH is 1. The zero-order valence-electron chi connectivity index (χ0n) is 20.8. The molecule has 1 unspecified atom stereocenters. The lowest BCUT2D eigenvalue weighted by atomic mass is 10.1. The summed E-state index contributed by atoms with van der Waals surface area (Å²) in [5, 5.41) is 24.8. The number of sulfonamides is 1. The summed E-state index contributed by atoms with van der Waals surface area (Å²) in [6.45, 7) is 7.07. The van der Waals surface area contributed by atoms with Gasteiger partial charge in [-0.05, 0) is 59.2 Å². The second kappa shape index (κ2) is 12.6. The quantitative estimate of drug-likeness (QED) is 0.316. The molecule has 0 saturated carbocycles. The second-order valence-corrected chi connectivity index (χ2v) is 11.7. The monoisotopic (exact) mass is 540 g/mol. The van der Waals surface area contributed by atoms with E-state index < -0.39 is 16.1 Å². The van der Waals surface area contributed by atoms with E-state index in [4.69, 9.17) is 4.74 Å². The molecule has 4 rings (SSSR count). The van der Waals surface area contributed by atoms with Gasteiger partial charge in [-0.1, -0.05) is 25.1 Å². The van der Waals surface area contributed by atoms with Crippen LogP contribution < -0.4 is 10.0 Å². The van der Waals surface area contributed by atoms with Gasteiger partial charge in [0, 0.05) is 48.2 Å². The van der Waals surface area contributed by atoms with Gasteiger partial charge in [0.15, 0.2) is 4.91 Å². The van der Waals surface area contributed by atoms with Gasteiger partial charge in [0.25, 0.3) is 10.0 Å². The molecule has 1 saturated heterocycles. The van der Waals surface area contributed by atoms with Crippen molar-refractivity contribution in [1.29, 1.82) is 5.26 Å². The Balaban J connectivity index is 1.43. The maximum atomic E-state index is 12.5. The molecule has 3 aromatic rings. The maximum Gasteiger partial charge on any atom is 0.250 e. The van der Waals surface area contributed by atoms with Crippen LogP contribution in [0.5, 0.6) is 0 Å². The van der Waals surface area contributed by atoms with Crippen LogP contribution in [0.2, 0.25) is 0 Å². The van der Waals surface area contributed by atoms with Gasteiger partial charge in [-0.15, -0.1) is 11.3 Å². The Bertz CT molecular complexity index is 1390. The number of aliphatic hydroxyl groups is 1. The number of benzene rings is 2. The van der Waals surface area contributed by atoms with Crippen molar-refractivity contribution in [3.8, 4) is 16.5 Å². The van der Waals surface area contributed by atoms with Gasteiger partial charge < -0.3 is 15.2 Å². The Hall–Kier alpha value is -2.78. The third-order valence-electron chi connectivity index (χ3n) is 6.27. The highest BCUT2D eigenvalue weighted by molar-refractivity contribution is 7.93. The fourth-order valence-corrected chi connectivity index (χ4v) is 6.00. The van der Waals surface area contributed by atoms with Crippen LogP contribution in [0.15, 0.2) is 53.4 Å². The van der Waals surface area contributed by atoms with Crippen molar-refractivity contribution in [2.75, 3.05) is 51.3 Å². The van der Waals surface area contributed by atoms with Crippen molar-refractivity contribution in [3.63, 3.8) is 0 Å². The predicted octanol–water partition coefficient (Wildman–Crippen LogP) is 3.87. The summed E-state index contributed by atoms with van der Waals surface area (Å²) in [5.41, 5.74) is 2.11. The number of hydrogen-bond acceptors (Lipinski definition) is 8. The summed E-state index contributed by atoms with van der Waals surface area (Å²) in [4.78, 5) is 3.66. The van der Waals surface area contributed by atoms with Gasteiger partial charge >= 0.3 is 0 Å². The molecule has 8 nitrogen and oxygen atoms in total. The molecule has 0 radical (unpaired) electrons. The lowest BCUT2D eigenvalue weighted by Crippen LogP contribution is -2.38. The van der Waals surface area contributed by atoms with Crippen LogP contribution in [0.4, 0.5) is 5.69 Å². The molecular formula is C27H32N4O4S2. The zero-order valence-corrected chi connectivity index (χ0v) is 22.4. The summed E-state index contributed by atoms with van der Waals surface area (Å²) in [5.74, 6) is 0. The smallest absolute Gasteiger partial charge is 0.250 e. The minimum atomic E-state index is -3.99. The second-order valence-electron chi connectivity index (χ2n) is 8.89. The summed E-state index contributed by atoms with van der Waals surface area (Å²) in [7, 11) is -3.99. The Kier molecular flexibility index (Phi) is 9.32. The highest BCUT2D eigenvalue weighted by Gasteiger charge is 2.19. The minimum Gasteiger partial charge on any atom is -0.392 e. The average Bonchev–Trinajstić information content (AvgIpc) is 3.39. The molecule has 0 aliphatic carbocycles. The van der Waals surface area contributed by atoms with Crippen molar-refractivity contribution in [2.45, 2.75) is 19.4 Å². The molecule has 1 aliphatic rings. The largest absolute Gasteiger partial charge is 0.392 e. The van der Waals surface area contributed by atoms with Crippen LogP contribution in [0.1, 0.15) is 18.2 Å². The molecule has 1 fully saturated rings. The van der Waals surface area contributed by atoms with Gasteiger partial charge in [-0.2, -0.15) is 5.26 Å². The highest BCUT2D eigenvalue weighted by atomic mass is 32.2. The third kappa shape index (κ3) is 7.38. The van der Waals surface area contributed by atoms with Gasteiger partial charge in [0.1, 0.15) is 6.07 Å². The van der Waals surface area contributed by atoms with Crippen molar-refractivity contribution in [3.05, 3.63) is 58.3 Å². The standard InChI is InChI=1S/C27H32N4O4S2/c1-2-24(32)19-30-37(33,34)26(18-28)17-25-7-8-27(36-25)22-4-3-21-16-23(6-5-20(21)15-22)29-9-10-31-11-13-35-14-12-31/h3-8,15-17,24,29-30,32H,2,9-14,19H2,1H3/b26-17+.